The zero-order chi connectivity index (χ0) is 11.4. The number of allylic oxidation sites excluding steroid dienone is 1. The molecular formula is C13H25BO. The van der Waals surface area contributed by atoms with Crippen molar-refractivity contribution in [2.24, 2.45) is 17.8 Å². The van der Waals surface area contributed by atoms with Crippen LogP contribution >= 0.6 is 0 Å². The molecule has 1 rings (SSSR count). The van der Waals surface area contributed by atoms with E-state index in [0.717, 1.165) is 30.8 Å². The van der Waals surface area contributed by atoms with E-state index in [1.54, 1.807) is 0 Å². The topological polar surface area (TPSA) is 20.2 Å². The van der Waals surface area contributed by atoms with E-state index >= 15 is 0 Å². The monoisotopic (exact) mass is 208 g/mol. The lowest BCUT2D eigenvalue weighted by atomic mass is 9.21. The zero-order valence-electron chi connectivity index (χ0n) is 10.4. The summed E-state index contributed by atoms with van der Waals surface area (Å²) in [6, 6.07) is 0. The van der Waals surface area contributed by atoms with E-state index < -0.39 is 0 Å². The molecule has 0 spiro atoms. The van der Waals surface area contributed by atoms with E-state index in [0.29, 0.717) is 12.5 Å². The molecule has 1 aliphatic rings. The van der Waals surface area contributed by atoms with Crippen molar-refractivity contribution in [2.45, 2.75) is 45.6 Å². The number of aliphatic hydroxyl groups excluding tert-OH is 1. The Morgan fingerprint density at radius 2 is 2.13 bits per heavy atom. The second-order valence-electron chi connectivity index (χ2n) is 5.31. The highest BCUT2D eigenvalue weighted by Gasteiger charge is 2.46. The standard InChI is InChI=1S/C13H25BO/c1-5-7-10(3)13-12(11(4)9-15)8-14(13)6-2/h5,10-13,15H,1,6-9H2,2-4H3. The number of hydrogen-bond acceptors (Lipinski definition) is 1. The van der Waals surface area contributed by atoms with E-state index in [1.807, 2.05) is 6.08 Å². The number of aliphatic hydroxyl groups is 1. The van der Waals surface area contributed by atoms with Gasteiger partial charge in [-0.3, -0.25) is 0 Å². The Hall–Kier alpha value is -0.235. The van der Waals surface area contributed by atoms with Crippen molar-refractivity contribution in [3.63, 3.8) is 0 Å². The van der Waals surface area contributed by atoms with Crippen LogP contribution in [-0.2, 0) is 0 Å². The maximum atomic E-state index is 9.24. The van der Waals surface area contributed by atoms with Gasteiger partial charge in [-0.1, -0.05) is 45.3 Å². The summed E-state index contributed by atoms with van der Waals surface area (Å²) in [5.74, 6) is 2.77. The lowest BCUT2D eigenvalue weighted by Crippen LogP contribution is -2.46. The van der Waals surface area contributed by atoms with Crippen LogP contribution in [0.3, 0.4) is 0 Å². The molecule has 1 N–H and O–H groups in total. The average Bonchev–Trinajstić information content (AvgIpc) is 2.17. The molecule has 1 fully saturated rings. The minimum atomic E-state index is 0.346. The van der Waals surface area contributed by atoms with Crippen molar-refractivity contribution in [1.82, 2.24) is 0 Å². The van der Waals surface area contributed by atoms with Gasteiger partial charge in [0, 0.05) is 6.61 Å². The molecule has 0 aromatic rings. The van der Waals surface area contributed by atoms with Crippen molar-refractivity contribution in [1.29, 1.82) is 0 Å². The Balaban J connectivity index is 2.57. The van der Waals surface area contributed by atoms with Crippen LogP contribution in [0.4, 0.5) is 0 Å². The highest BCUT2D eigenvalue weighted by molar-refractivity contribution is 6.63. The van der Waals surface area contributed by atoms with Crippen LogP contribution in [0.25, 0.3) is 0 Å². The lowest BCUT2D eigenvalue weighted by Gasteiger charge is -2.49. The zero-order valence-corrected chi connectivity index (χ0v) is 10.4. The largest absolute Gasteiger partial charge is 0.396 e. The van der Waals surface area contributed by atoms with Crippen LogP contribution in [-0.4, -0.2) is 18.4 Å². The summed E-state index contributed by atoms with van der Waals surface area (Å²) < 4.78 is 0. The predicted molar refractivity (Wildman–Crippen MR) is 68.5 cm³/mol. The Kier molecular flexibility index (Phi) is 4.91. The molecule has 0 saturated carbocycles. The summed E-state index contributed by atoms with van der Waals surface area (Å²) in [5, 5.41) is 9.24. The molecule has 0 radical (unpaired) electrons. The van der Waals surface area contributed by atoms with Crippen LogP contribution in [0.5, 0.6) is 0 Å². The van der Waals surface area contributed by atoms with Gasteiger partial charge in [0.1, 0.15) is 6.71 Å². The first-order valence-corrected chi connectivity index (χ1v) is 6.37. The molecule has 1 heterocycles. The first kappa shape index (κ1) is 12.8. The molecule has 0 amide bonds. The van der Waals surface area contributed by atoms with Crippen LogP contribution < -0.4 is 0 Å². The van der Waals surface area contributed by atoms with Crippen molar-refractivity contribution in [3.05, 3.63) is 12.7 Å². The molecule has 15 heavy (non-hydrogen) atoms. The summed E-state index contributed by atoms with van der Waals surface area (Å²) >= 11 is 0. The molecule has 4 atom stereocenters. The van der Waals surface area contributed by atoms with Crippen molar-refractivity contribution in [3.8, 4) is 0 Å². The minimum Gasteiger partial charge on any atom is -0.396 e. The van der Waals surface area contributed by atoms with Gasteiger partial charge in [-0.25, -0.2) is 0 Å². The van der Waals surface area contributed by atoms with Crippen LogP contribution in [0.15, 0.2) is 12.7 Å². The Bertz CT molecular complexity index is 205. The third kappa shape index (κ3) is 2.66. The molecule has 0 aliphatic carbocycles. The van der Waals surface area contributed by atoms with Gasteiger partial charge < -0.3 is 5.11 Å². The summed E-state index contributed by atoms with van der Waals surface area (Å²) in [7, 11) is 0. The third-order valence-corrected chi connectivity index (χ3v) is 4.35. The van der Waals surface area contributed by atoms with Gasteiger partial charge >= 0.3 is 0 Å². The summed E-state index contributed by atoms with van der Waals surface area (Å²) in [5.41, 5.74) is 0. The van der Waals surface area contributed by atoms with Crippen molar-refractivity contribution >= 4 is 6.71 Å². The molecular weight excluding hydrogens is 183 g/mol. The Labute approximate surface area is 95.0 Å². The maximum Gasteiger partial charge on any atom is 0.143 e. The van der Waals surface area contributed by atoms with Crippen molar-refractivity contribution in [2.75, 3.05) is 6.61 Å². The summed E-state index contributed by atoms with van der Waals surface area (Å²) in [6.45, 7) is 11.9. The summed E-state index contributed by atoms with van der Waals surface area (Å²) in [4.78, 5) is 0. The fourth-order valence-electron chi connectivity index (χ4n) is 3.31. The first-order valence-electron chi connectivity index (χ1n) is 6.37. The van der Waals surface area contributed by atoms with Gasteiger partial charge in [-0.15, -0.1) is 6.58 Å². The molecule has 1 nitrogen and oxygen atoms in total. The quantitative estimate of drug-likeness (QED) is 0.524. The predicted octanol–water partition coefficient (Wildman–Crippen LogP) is 3.34. The van der Waals surface area contributed by atoms with E-state index in [2.05, 4.69) is 27.4 Å². The van der Waals surface area contributed by atoms with Gasteiger partial charge in [0.25, 0.3) is 0 Å². The highest BCUT2D eigenvalue weighted by Crippen LogP contribution is 2.51. The van der Waals surface area contributed by atoms with Crippen molar-refractivity contribution < 1.29 is 5.11 Å². The first-order chi connectivity index (χ1) is 7.15. The molecule has 0 aromatic heterocycles. The molecule has 1 saturated heterocycles. The number of hydrogen-bond donors (Lipinski definition) is 1. The average molecular weight is 208 g/mol. The van der Waals surface area contributed by atoms with Gasteiger partial charge in [-0.05, 0) is 24.2 Å². The smallest absolute Gasteiger partial charge is 0.143 e. The third-order valence-electron chi connectivity index (χ3n) is 4.35. The van der Waals surface area contributed by atoms with E-state index in [1.165, 1.54) is 12.6 Å². The number of rotatable bonds is 6. The molecule has 4 unspecified atom stereocenters. The Morgan fingerprint density at radius 3 is 2.60 bits per heavy atom. The molecule has 2 heteroatoms. The molecule has 1 aliphatic heterocycles. The van der Waals surface area contributed by atoms with Gasteiger partial charge in [0.2, 0.25) is 0 Å². The minimum absolute atomic E-state index is 0.346. The lowest BCUT2D eigenvalue weighted by molar-refractivity contribution is 0.164. The summed E-state index contributed by atoms with van der Waals surface area (Å²) in [6.07, 6.45) is 5.78. The van der Waals surface area contributed by atoms with E-state index in [-0.39, 0.29) is 0 Å². The molecule has 0 bridgehead atoms. The maximum absolute atomic E-state index is 9.24. The fourth-order valence-corrected chi connectivity index (χ4v) is 3.31. The SMILES string of the molecule is C=CCC(C)C1B(CC)CC1C(C)CO. The second kappa shape index (κ2) is 5.74. The van der Waals surface area contributed by atoms with Gasteiger partial charge in [-0.2, -0.15) is 0 Å². The highest BCUT2D eigenvalue weighted by atomic mass is 16.3. The van der Waals surface area contributed by atoms with Crippen LogP contribution in [0.2, 0.25) is 18.5 Å². The van der Waals surface area contributed by atoms with E-state index in [9.17, 15) is 5.11 Å². The van der Waals surface area contributed by atoms with Crippen LogP contribution in [0, 0.1) is 17.8 Å². The van der Waals surface area contributed by atoms with Gasteiger partial charge in [0.15, 0.2) is 0 Å². The van der Waals surface area contributed by atoms with E-state index in [4.69, 9.17) is 0 Å². The second-order valence-corrected chi connectivity index (χ2v) is 5.31. The molecule has 0 aromatic carbocycles. The fraction of sp³-hybridized carbons (Fsp3) is 0.846. The Morgan fingerprint density at radius 1 is 1.47 bits per heavy atom. The normalized spacial score (nSPS) is 29.5. The van der Waals surface area contributed by atoms with Gasteiger partial charge in [0.05, 0.1) is 0 Å². The molecule has 86 valence electrons. The van der Waals surface area contributed by atoms with Crippen LogP contribution in [0.1, 0.15) is 27.2 Å².